The zero-order valence-corrected chi connectivity index (χ0v) is 15.0. The van der Waals surface area contributed by atoms with E-state index in [4.69, 9.17) is 0 Å². The number of rotatable bonds is 7. The number of carbonyl (C=O) groups excluding carboxylic acids is 1. The molecule has 1 aromatic rings. The van der Waals surface area contributed by atoms with Gasteiger partial charge < -0.3 is 10.4 Å². The average Bonchev–Trinajstić information content (AvgIpc) is 2.62. The number of carbonyl (C=O) groups is 2. The number of aliphatic carboxylic acids is 1. The molecule has 1 amide bonds. The predicted octanol–water partition coefficient (Wildman–Crippen LogP) is 1.60. The summed E-state index contributed by atoms with van der Waals surface area (Å²) >= 11 is 0. The molecular weight excluding hydrogens is 344 g/mol. The molecule has 1 aliphatic rings. The van der Waals surface area contributed by atoms with Crippen LogP contribution in [0.3, 0.4) is 0 Å². The lowest BCUT2D eigenvalue weighted by Gasteiger charge is -2.34. The highest BCUT2D eigenvalue weighted by molar-refractivity contribution is 7.89. The van der Waals surface area contributed by atoms with E-state index in [1.165, 1.54) is 16.4 Å². The van der Waals surface area contributed by atoms with Crippen LogP contribution in [-0.2, 0) is 19.6 Å². The Morgan fingerprint density at radius 3 is 2.56 bits per heavy atom. The molecular formula is C17H24N2O5S. The summed E-state index contributed by atoms with van der Waals surface area (Å²) in [7, 11) is -3.80. The van der Waals surface area contributed by atoms with Crippen molar-refractivity contribution in [1.82, 2.24) is 9.62 Å². The molecule has 8 heteroatoms. The fourth-order valence-electron chi connectivity index (χ4n) is 3.00. The summed E-state index contributed by atoms with van der Waals surface area (Å²) < 4.78 is 27.0. The van der Waals surface area contributed by atoms with Crippen molar-refractivity contribution >= 4 is 21.9 Å². The standard InChI is InChI=1S/C17H24N2O5S/c1-2-8-14(17(21)22)18-16(20)15-11-6-7-12-19(15)25(23,24)13-9-4-3-5-10-13/h3-5,9-10,14-15H,2,6-8,11-12H2,1H3,(H,18,20)(H,21,22). The van der Waals surface area contributed by atoms with Crippen LogP contribution in [0.2, 0.25) is 0 Å². The first-order valence-corrected chi connectivity index (χ1v) is 9.92. The number of carboxylic acid groups (broad SMARTS) is 1. The monoisotopic (exact) mass is 368 g/mol. The molecule has 0 aliphatic carbocycles. The second-order valence-electron chi connectivity index (χ2n) is 6.13. The van der Waals surface area contributed by atoms with E-state index in [0.29, 0.717) is 25.7 Å². The molecule has 1 heterocycles. The van der Waals surface area contributed by atoms with Gasteiger partial charge in [0, 0.05) is 6.54 Å². The summed E-state index contributed by atoms with van der Waals surface area (Å²) in [6, 6.07) is 6.10. The Morgan fingerprint density at radius 2 is 1.96 bits per heavy atom. The topological polar surface area (TPSA) is 104 Å². The fraction of sp³-hybridized carbons (Fsp3) is 0.529. The molecule has 2 rings (SSSR count). The Bertz CT molecular complexity index is 705. The number of nitrogens with zero attached hydrogens (tertiary/aromatic N) is 1. The van der Waals surface area contributed by atoms with Gasteiger partial charge in [-0.2, -0.15) is 4.31 Å². The van der Waals surface area contributed by atoms with Gasteiger partial charge in [-0.15, -0.1) is 0 Å². The van der Waals surface area contributed by atoms with E-state index in [1.54, 1.807) is 18.2 Å². The van der Waals surface area contributed by atoms with E-state index in [-0.39, 0.29) is 11.4 Å². The average molecular weight is 368 g/mol. The van der Waals surface area contributed by atoms with Crippen LogP contribution in [0.5, 0.6) is 0 Å². The van der Waals surface area contributed by atoms with Crippen LogP contribution in [0.15, 0.2) is 35.2 Å². The van der Waals surface area contributed by atoms with Crippen LogP contribution in [-0.4, -0.2) is 48.3 Å². The third-order valence-corrected chi connectivity index (χ3v) is 6.22. The van der Waals surface area contributed by atoms with Crippen molar-refractivity contribution in [3.63, 3.8) is 0 Å². The molecule has 0 aromatic heterocycles. The van der Waals surface area contributed by atoms with Crippen molar-refractivity contribution in [3.05, 3.63) is 30.3 Å². The number of piperidine rings is 1. The van der Waals surface area contributed by atoms with Crippen molar-refractivity contribution in [1.29, 1.82) is 0 Å². The Morgan fingerprint density at radius 1 is 1.28 bits per heavy atom. The molecule has 0 spiro atoms. The van der Waals surface area contributed by atoms with Gasteiger partial charge in [-0.05, 0) is 31.4 Å². The lowest BCUT2D eigenvalue weighted by molar-refractivity contribution is -0.142. The van der Waals surface area contributed by atoms with Crippen LogP contribution in [0.4, 0.5) is 0 Å². The molecule has 138 valence electrons. The van der Waals surface area contributed by atoms with Crippen molar-refractivity contribution < 1.29 is 23.1 Å². The van der Waals surface area contributed by atoms with Crippen molar-refractivity contribution in [3.8, 4) is 0 Å². The van der Waals surface area contributed by atoms with E-state index in [9.17, 15) is 23.1 Å². The number of nitrogens with one attached hydrogen (secondary N) is 1. The smallest absolute Gasteiger partial charge is 0.326 e. The molecule has 2 atom stereocenters. The van der Waals surface area contributed by atoms with E-state index >= 15 is 0 Å². The highest BCUT2D eigenvalue weighted by atomic mass is 32.2. The zero-order valence-electron chi connectivity index (χ0n) is 14.2. The summed E-state index contributed by atoms with van der Waals surface area (Å²) in [5.74, 6) is -1.65. The molecule has 25 heavy (non-hydrogen) atoms. The van der Waals surface area contributed by atoms with E-state index in [2.05, 4.69) is 5.32 Å². The van der Waals surface area contributed by atoms with Crippen molar-refractivity contribution in [2.75, 3.05) is 6.54 Å². The van der Waals surface area contributed by atoms with Gasteiger partial charge in [-0.1, -0.05) is 38.0 Å². The summed E-state index contributed by atoms with van der Waals surface area (Å²) in [5, 5.41) is 11.7. The first-order valence-electron chi connectivity index (χ1n) is 8.48. The summed E-state index contributed by atoms with van der Waals surface area (Å²) in [5.41, 5.74) is 0. The minimum Gasteiger partial charge on any atom is -0.480 e. The summed E-state index contributed by atoms with van der Waals surface area (Å²) in [6.45, 7) is 2.08. The van der Waals surface area contributed by atoms with Gasteiger partial charge in [0.15, 0.2) is 0 Å². The third-order valence-electron chi connectivity index (χ3n) is 4.30. The Hall–Kier alpha value is -1.93. The van der Waals surface area contributed by atoms with Gasteiger partial charge in [0.05, 0.1) is 4.90 Å². The number of carboxylic acids is 1. The molecule has 0 saturated carbocycles. The molecule has 2 N–H and O–H groups in total. The number of sulfonamides is 1. The lowest BCUT2D eigenvalue weighted by atomic mass is 10.0. The maximum atomic E-state index is 12.9. The van der Waals surface area contributed by atoms with Crippen LogP contribution in [0.25, 0.3) is 0 Å². The van der Waals surface area contributed by atoms with Crippen LogP contribution in [0.1, 0.15) is 39.0 Å². The molecule has 1 fully saturated rings. The maximum absolute atomic E-state index is 12.9. The number of amides is 1. The summed E-state index contributed by atoms with van der Waals surface area (Å²) in [4.78, 5) is 24.0. The normalized spacial score (nSPS) is 20.0. The van der Waals surface area contributed by atoms with Gasteiger partial charge in [-0.3, -0.25) is 4.79 Å². The Balaban J connectivity index is 2.23. The molecule has 2 unspecified atom stereocenters. The quantitative estimate of drug-likeness (QED) is 0.761. The zero-order chi connectivity index (χ0) is 18.4. The molecule has 1 aliphatic heterocycles. The third kappa shape index (κ3) is 4.58. The van der Waals surface area contributed by atoms with Crippen molar-refractivity contribution in [2.24, 2.45) is 0 Å². The minimum atomic E-state index is -3.80. The maximum Gasteiger partial charge on any atom is 0.326 e. The predicted molar refractivity (Wildman–Crippen MR) is 92.4 cm³/mol. The van der Waals surface area contributed by atoms with Gasteiger partial charge in [0.2, 0.25) is 15.9 Å². The second-order valence-corrected chi connectivity index (χ2v) is 8.02. The number of benzene rings is 1. The minimum absolute atomic E-state index is 0.137. The molecule has 0 bridgehead atoms. The Labute approximate surface area is 148 Å². The lowest BCUT2D eigenvalue weighted by Crippen LogP contribution is -2.54. The van der Waals surface area contributed by atoms with E-state index < -0.39 is 34.0 Å². The molecule has 1 saturated heterocycles. The number of hydrogen-bond acceptors (Lipinski definition) is 4. The molecule has 1 aromatic carbocycles. The van der Waals surface area contributed by atoms with Gasteiger partial charge in [0.1, 0.15) is 12.1 Å². The van der Waals surface area contributed by atoms with E-state index in [1.807, 2.05) is 6.92 Å². The first kappa shape index (κ1) is 19.4. The first-order chi connectivity index (χ1) is 11.9. The van der Waals surface area contributed by atoms with Gasteiger partial charge in [0.25, 0.3) is 0 Å². The fourth-order valence-corrected chi connectivity index (χ4v) is 4.67. The summed E-state index contributed by atoms with van der Waals surface area (Å²) in [6.07, 6.45) is 2.70. The highest BCUT2D eigenvalue weighted by Gasteiger charge is 2.38. The largest absolute Gasteiger partial charge is 0.480 e. The number of hydrogen-bond donors (Lipinski definition) is 2. The van der Waals surface area contributed by atoms with Crippen LogP contribution >= 0.6 is 0 Å². The molecule has 0 radical (unpaired) electrons. The van der Waals surface area contributed by atoms with Crippen molar-refractivity contribution in [2.45, 2.75) is 56.0 Å². The SMILES string of the molecule is CCCC(NC(=O)C1CCCCN1S(=O)(=O)c1ccccc1)C(=O)O. The second kappa shape index (κ2) is 8.44. The van der Waals surface area contributed by atoms with Gasteiger partial charge >= 0.3 is 5.97 Å². The van der Waals surface area contributed by atoms with Crippen LogP contribution in [0, 0.1) is 0 Å². The van der Waals surface area contributed by atoms with Gasteiger partial charge in [-0.25, -0.2) is 13.2 Å². The highest BCUT2D eigenvalue weighted by Crippen LogP contribution is 2.25. The molecule has 7 nitrogen and oxygen atoms in total. The Kier molecular flexibility index (Phi) is 6.55. The van der Waals surface area contributed by atoms with Crippen LogP contribution < -0.4 is 5.32 Å². The van der Waals surface area contributed by atoms with E-state index in [0.717, 1.165) is 6.42 Å².